The monoisotopic (exact) mass is 228 g/mol. The molecule has 1 N–H and O–H groups in total. The molecular formula is C12H17FO3. The fourth-order valence-electron chi connectivity index (χ4n) is 1.46. The van der Waals surface area contributed by atoms with Crippen LogP contribution in [0.5, 0.6) is 11.5 Å². The molecule has 3 nitrogen and oxygen atoms in total. The predicted molar refractivity (Wildman–Crippen MR) is 59.4 cm³/mol. The molecule has 0 aliphatic carbocycles. The van der Waals surface area contributed by atoms with Crippen LogP contribution in [0.25, 0.3) is 0 Å². The summed E-state index contributed by atoms with van der Waals surface area (Å²) in [5, 5.41) is 9.09. The zero-order valence-electron chi connectivity index (χ0n) is 9.84. The van der Waals surface area contributed by atoms with E-state index in [9.17, 15) is 4.39 Å². The van der Waals surface area contributed by atoms with Gasteiger partial charge in [0, 0.05) is 0 Å². The van der Waals surface area contributed by atoms with E-state index in [-0.39, 0.29) is 12.4 Å². The van der Waals surface area contributed by atoms with Crippen molar-refractivity contribution in [2.75, 3.05) is 13.2 Å². The molecule has 0 saturated carbocycles. The molecule has 1 rings (SSSR count). The summed E-state index contributed by atoms with van der Waals surface area (Å²) in [6.07, 6.45) is 0. The molecule has 0 saturated heterocycles. The van der Waals surface area contributed by atoms with E-state index >= 15 is 0 Å². The molecule has 4 heteroatoms. The smallest absolute Gasteiger partial charge is 0.197 e. The van der Waals surface area contributed by atoms with E-state index in [2.05, 4.69) is 0 Å². The van der Waals surface area contributed by atoms with Crippen LogP contribution >= 0.6 is 0 Å². The minimum Gasteiger partial charge on any atom is -0.490 e. The van der Waals surface area contributed by atoms with E-state index in [0.717, 1.165) is 0 Å². The second kappa shape index (κ2) is 5.70. The van der Waals surface area contributed by atoms with Gasteiger partial charge in [0.1, 0.15) is 0 Å². The highest BCUT2D eigenvalue weighted by Crippen LogP contribution is 2.34. The van der Waals surface area contributed by atoms with Gasteiger partial charge in [-0.15, -0.1) is 0 Å². The number of benzene rings is 1. The lowest BCUT2D eigenvalue weighted by Crippen LogP contribution is -2.04. The Morgan fingerprint density at radius 3 is 2.38 bits per heavy atom. The Morgan fingerprint density at radius 2 is 1.88 bits per heavy atom. The van der Waals surface area contributed by atoms with Crippen molar-refractivity contribution in [2.24, 2.45) is 0 Å². The van der Waals surface area contributed by atoms with E-state index in [4.69, 9.17) is 14.6 Å². The maximum Gasteiger partial charge on any atom is 0.197 e. The summed E-state index contributed by atoms with van der Waals surface area (Å²) in [6.45, 7) is 5.78. The Kier molecular flexibility index (Phi) is 4.55. The normalized spacial score (nSPS) is 10.3. The van der Waals surface area contributed by atoms with E-state index in [1.54, 1.807) is 19.9 Å². The first-order chi connectivity index (χ1) is 7.65. The first-order valence-electron chi connectivity index (χ1n) is 5.34. The molecule has 0 bridgehead atoms. The Labute approximate surface area is 94.8 Å². The van der Waals surface area contributed by atoms with Gasteiger partial charge in [0.2, 0.25) is 0 Å². The Bertz CT molecular complexity index is 364. The molecule has 0 amide bonds. The Balaban J connectivity index is 3.26. The maximum absolute atomic E-state index is 13.9. The largest absolute Gasteiger partial charge is 0.490 e. The molecule has 1 aromatic rings. The van der Waals surface area contributed by atoms with Gasteiger partial charge in [-0.3, -0.25) is 0 Å². The number of hydrogen-bond donors (Lipinski definition) is 1. The van der Waals surface area contributed by atoms with Crippen LogP contribution in [-0.2, 0) is 6.61 Å². The van der Waals surface area contributed by atoms with E-state index in [0.29, 0.717) is 30.1 Å². The third-order valence-corrected chi connectivity index (χ3v) is 2.30. The van der Waals surface area contributed by atoms with Crippen molar-refractivity contribution >= 4 is 0 Å². The predicted octanol–water partition coefficient (Wildman–Crippen LogP) is 2.42. The van der Waals surface area contributed by atoms with Crippen molar-refractivity contribution in [2.45, 2.75) is 27.4 Å². The molecule has 0 atom stereocenters. The number of aliphatic hydroxyl groups excluding tert-OH is 1. The van der Waals surface area contributed by atoms with Crippen LogP contribution in [0.2, 0.25) is 0 Å². The first-order valence-corrected chi connectivity index (χ1v) is 5.34. The summed E-state index contributed by atoms with van der Waals surface area (Å²) in [5.74, 6) is 0.00685. The Morgan fingerprint density at radius 1 is 1.25 bits per heavy atom. The fraction of sp³-hybridized carbons (Fsp3) is 0.500. The minimum absolute atomic E-state index is 0.124. The van der Waals surface area contributed by atoms with Crippen molar-refractivity contribution in [1.82, 2.24) is 0 Å². The molecule has 0 fully saturated rings. The molecule has 0 aliphatic heterocycles. The first kappa shape index (κ1) is 12.8. The molecule has 0 aliphatic rings. The average molecular weight is 228 g/mol. The third kappa shape index (κ3) is 2.44. The number of aliphatic hydroxyl groups is 1. The highest BCUT2D eigenvalue weighted by molar-refractivity contribution is 5.48. The second-order valence-corrected chi connectivity index (χ2v) is 3.33. The molecule has 0 unspecified atom stereocenters. The second-order valence-electron chi connectivity index (χ2n) is 3.33. The van der Waals surface area contributed by atoms with Gasteiger partial charge in [0.25, 0.3) is 0 Å². The van der Waals surface area contributed by atoms with Gasteiger partial charge in [0.05, 0.1) is 19.8 Å². The molecule has 0 heterocycles. The lowest BCUT2D eigenvalue weighted by molar-refractivity contribution is 0.264. The zero-order chi connectivity index (χ0) is 12.1. The van der Waals surface area contributed by atoms with Gasteiger partial charge in [-0.05, 0) is 38.0 Å². The number of ether oxygens (including phenoxy) is 2. The van der Waals surface area contributed by atoms with Crippen LogP contribution in [0.15, 0.2) is 6.07 Å². The molecule has 0 radical (unpaired) electrons. The third-order valence-electron chi connectivity index (χ3n) is 2.30. The van der Waals surface area contributed by atoms with Crippen LogP contribution in [0.3, 0.4) is 0 Å². The van der Waals surface area contributed by atoms with Crippen molar-refractivity contribution in [3.63, 3.8) is 0 Å². The van der Waals surface area contributed by atoms with Gasteiger partial charge in [-0.25, -0.2) is 4.39 Å². The average Bonchev–Trinajstić information content (AvgIpc) is 2.28. The highest BCUT2D eigenvalue weighted by Gasteiger charge is 2.17. The van der Waals surface area contributed by atoms with Crippen molar-refractivity contribution in [3.05, 3.63) is 23.0 Å². The van der Waals surface area contributed by atoms with Crippen LogP contribution in [-0.4, -0.2) is 18.3 Å². The molecule has 0 aromatic heterocycles. The van der Waals surface area contributed by atoms with Gasteiger partial charge in [0.15, 0.2) is 17.3 Å². The minimum atomic E-state index is -0.461. The fourth-order valence-corrected chi connectivity index (χ4v) is 1.46. The molecule has 1 aromatic carbocycles. The van der Waals surface area contributed by atoms with E-state index in [1.807, 2.05) is 6.92 Å². The van der Waals surface area contributed by atoms with Gasteiger partial charge in [-0.1, -0.05) is 0 Å². The lowest BCUT2D eigenvalue weighted by atomic mass is 10.1. The maximum atomic E-state index is 13.9. The summed E-state index contributed by atoms with van der Waals surface area (Å²) in [4.78, 5) is 0. The van der Waals surface area contributed by atoms with Gasteiger partial charge in [-0.2, -0.15) is 0 Å². The van der Waals surface area contributed by atoms with Crippen LogP contribution < -0.4 is 9.47 Å². The summed E-state index contributed by atoms with van der Waals surface area (Å²) >= 11 is 0. The highest BCUT2D eigenvalue weighted by atomic mass is 19.1. The van der Waals surface area contributed by atoms with Crippen LogP contribution in [0.1, 0.15) is 25.0 Å². The summed E-state index contributed by atoms with van der Waals surface area (Å²) in [5.41, 5.74) is 0.916. The molecule has 0 spiro atoms. The Hall–Kier alpha value is -1.29. The zero-order valence-corrected chi connectivity index (χ0v) is 9.84. The van der Waals surface area contributed by atoms with Crippen molar-refractivity contribution < 1.29 is 19.0 Å². The van der Waals surface area contributed by atoms with Crippen LogP contribution in [0, 0.1) is 12.7 Å². The topological polar surface area (TPSA) is 38.7 Å². The van der Waals surface area contributed by atoms with Crippen LogP contribution in [0.4, 0.5) is 4.39 Å². The SMILES string of the molecule is CCOc1cc(CO)c(C)c(F)c1OCC. The number of rotatable bonds is 5. The van der Waals surface area contributed by atoms with Crippen molar-refractivity contribution in [1.29, 1.82) is 0 Å². The molecular weight excluding hydrogens is 211 g/mol. The van der Waals surface area contributed by atoms with Crippen molar-refractivity contribution in [3.8, 4) is 11.5 Å². The van der Waals surface area contributed by atoms with Gasteiger partial charge >= 0.3 is 0 Å². The number of halogens is 1. The lowest BCUT2D eigenvalue weighted by Gasteiger charge is -2.15. The summed E-state index contributed by atoms with van der Waals surface area (Å²) in [6, 6.07) is 1.62. The summed E-state index contributed by atoms with van der Waals surface area (Å²) in [7, 11) is 0. The summed E-state index contributed by atoms with van der Waals surface area (Å²) < 4.78 is 24.4. The standard InChI is InChI=1S/C12H17FO3/c1-4-15-10-6-9(7-14)8(3)11(13)12(10)16-5-2/h6,14H,4-5,7H2,1-3H3. The van der Waals surface area contributed by atoms with Gasteiger partial charge < -0.3 is 14.6 Å². The van der Waals surface area contributed by atoms with E-state index in [1.165, 1.54) is 0 Å². The molecule has 16 heavy (non-hydrogen) atoms. The number of hydrogen-bond acceptors (Lipinski definition) is 3. The molecule has 90 valence electrons. The van der Waals surface area contributed by atoms with E-state index < -0.39 is 5.82 Å². The quantitative estimate of drug-likeness (QED) is 0.841.